The number of amides is 1. The molecule has 2 rings (SSSR count). The second kappa shape index (κ2) is 3.55. The van der Waals surface area contributed by atoms with Crippen molar-refractivity contribution in [3.05, 3.63) is 17.5 Å². The van der Waals surface area contributed by atoms with Gasteiger partial charge in [0.2, 0.25) is 0 Å². The molecule has 0 atom stereocenters. The number of nitrogen functional groups attached to an aromatic ring is 1. The Morgan fingerprint density at radius 2 is 2.06 bits per heavy atom. The van der Waals surface area contributed by atoms with Crippen molar-refractivity contribution >= 4 is 28.7 Å². The van der Waals surface area contributed by atoms with Crippen LogP contribution in [0.1, 0.15) is 27.8 Å². The third kappa shape index (κ3) is 1.52. The molecule has 0 fully saturated rings. The molecule has 1 amide bonds. The average Bonchev–Trinajstić information content (AvgIpc) is 2.51. The molecule has 0 radical (unpaired) electrons. The van der Waals surface area contributed by atoms with Gasteiger partial charge in [0.15, 0.2) is 11.4 Å². The van der Waals surface area contributed by atoms with E-state index in [0.29, 0.717) is 5.65 Å². The van der Waals surface area contributed by atoms with Crippen LogP contribution in [0.25, 0.3) is 11.2 Å². The molecule has 88 valence electrons. The minimum absolute atomic E-state index is 0.0955. The predicted molar refractivity (Wildman–Crippen MR) is 61.4 cm³/mol. The molecule has 2 heterocycles. The van der Waals surface area contributed by atoms with E-state index in [1.54, 1.807) is 7.05 Å². The minimum atomic E-state index is -0.692. The zero-order chi connectivity index (χ0) is 12.7. The molecule has 0 spiro atoms. The van der Waals surface area contributed by atoms with Gasteiger partial charge >= 0.3 is 0 Å². The fraction of sp³-hybridized carbons (Fsp3) is 0.200. The number of nitrogens with two attached hydrogens (primary N) is 2. The van der Waals surface area contributed by atoms with Crippen molar-refractivity contribution in [2.75, 3.05) is 5.73 Å². The highest BCUT2D eigenvalue weighted by Gasteiger charge is 2.20. The highest BCUT2D eigenvalue weighted by molar-refractivity contribution is 6.09. The maximum absolute atomic E-state index is 11.3. The smallest absolute Gasteiger partial charge is 0.254 e. The zero-order valence-corrected chi connectivity index (χ0v) is 9.39. The molecule has 7 nitrogen and oxygen atoms in total. The van der Waals surface area contributed by atoms with Gasteiger partial charge in [0.25, 0.3) is 5.91 Å². The topological polar surface area (TPSA) is 117 Å². The molecule has 0 aliphatic carbocycles. The monoisotopic (exact) mass is 233 g/mol. The Morgan fingerprint density at radius 3 is 2.59 bits per heavy atom. The molecule has 2 aromatic rings. The Morgan fingerprint density at radius 1 is 1.41 bits per heavy atom. The normalized spacial score (nSPS) is 10.7. The number of aromatic nitrogens is 3. The lowest BCUT2D eigenvalue weighted by atomic mass is 10.2. The fourth-order valence-corrected chi connectivity index (χ4v) is 1.61. The van der Waals surface area contributed by atoms with Gasteiger partial charge in [-0.25, -0.2) is 9.97 Å². The maximum atomic E-state index is 11.3. The largest absolute Gasteiger partial charge is 0.384 e. The van der Waals surface area contributed by atoms with Crippen molar-refractivity contribution in [2.24, 2.45) is 12.8 Å². The van der Waals surface area contributed by atoms with Crippen molar-refractivity contribution in [2.45, 2.75) is 6.92 Å². The van der Waals surface area contributed by atoms with Crippen LogP contribution in [0.3, 0.4) is 0 Å². The van der Waals surface area contributed by atoms with Gasteiger partial charge in [-0.1, -0.05) is 0 Å². The lowest BCUT2D eigenvalue weighted by molar-refractivity contribution is 0.0994. The number of carbonyl (C=O) groups is 2. The summed E-state index contributed by atoms with van der Waals surface area (Å²) in [6, 6.07) is 0. The molecule has 0 bridgehead atoms. The number of ketones is 1. The van der Waals surface area contributed by atoms with Gasteiger partial charge in [-0.2, -0.15) is 0 Å². The summed E-state index contributed by atoms with van der Waals surface area (Å²) in [5.41, 5.74) is 11.9. The molecule has 0 saturated heterocycles. The lowest BCUT2D eigenvalue weighted by Gasteiger charge is -1.97. The number of aryl methyl sites for hydroxylation is 1. The second-order valence-electron chi connectivity index (χ2n) is 3.67. The quantitative estimate of drug-likeness (QED) is 0.699. The van der Waals surface area contributed by atoms with Crippen LogP contribution < -0.4 is 11.5 Å². The van der Waals surface area contributed by atoms with E-state index in [-0.39, 0.29) is 28.4 Å². The number of fused-ring (bicyclic) bond motifs is 1. The molecule has 0 unspecified atom stereocenters. The number of hydrogen-bond acceptors (Lipinski definition) is 5. The van der Waals surface area contributed by atoms with Gasteiger partial charge in [-0.05, 0) is 0 Å². The maximum Gasteiger partial charge on any atom is 0.254 e. The van der Waals surface area contributed by atoms with Crippen LogP contribution >= 0.6 is 0 Å². The van der Waals surface area contributed by atoms with Crippen LogP contribution in [0.15, 0.2) is 6.20 Å². The van der Waals surface area contributed by atoms with Crippen LogP contribution in [-0.2, 0) is 7.05 Å². The fourth-order valence-electron chi connectivity index (χ4n) is 1.61. The Balaban J connectivity index is 2.88. The summed E-state index contributed by atoms with van der Waals surface area (Å²) in [6.07, 6.45) is 1.34. The van der Waals surface area contributed by atoms with E-state index in [4.69, 9.17) is 11.5 Å². The highest BCUT2D eigenvalue weighted by Crippen LogP contribution is 2.23. The molecule has 0 aromatic carbocycles. The van der Waals surface area contributed by atoms with Crippen molar-refractivity contribution < 1.29 is 9.59 Å². The Bertz CT molecular complexity index is 644. The standard InChI is InChI=1S/C10H11N5O2/c1-4(16)5-3-13-10-7(14-5)6(9(12)17)8(11)15(10)2/h3H,11H2,1-2H3,(H2,12,17). The number of rotatable bonds is 2. The van der Waals surface area contributed by atoms with E-state index >= 15 is 0 Å². The number of nitrogens with zero attached hydrogens (tertiary/aromatic N) is 3. The zero-order valence-electron chi connectivity index (χ0n) is 9.39. The second-order valence-corrected chi connectivity index (χ2v) is 3.67. The van der Waals surface area contributed by atoms with Gasteiger partial charge < -0.3 is 16.0 Å². The van der Waals surface area contributed by atoms with Gasteiger partial charge in [0, 0.05) is 14.0 Å². The molecular formula is C10H11N5O2. The first-order valence-electron chi connectivity index (χ1n) is 4.85. The van der Waals surface area contributed by atoms with E-state index in [1.807, 2.05) is 0 Å². The number of anilines is 1. The van der Waals surface area contributed by atoms with Crippen LogP contribution in [0, 0.1) is 0 Å². The van der Waals surface area contributed by atoms with Gasteiger partial charge in [0.05, 0.1) is 6.20 Å². The first kappa shape index (κ1) is 11.1. The van der Waals surface area contributed by atoms with Crippen LogP contribution in [0.4, 0.5) is 5.82 Å². The lowest BCUT2D eigenvalue weighted by Crippen LogP contribution is -2.13. The molecule has 0 aliphatic heterocycles. The molecule has 0 aliphatic rings. The summed E-state index contributed by atoms with van der Waals surface area (Å²) in [5.74, 6) is -0.742. The number of primary amides is 1. The van der Waals surface area contributed by atoms with E-state index in [0.717, 1.165) is 0 Å². The molecule has 7 heteroatoms. The summed E-state index contributed by atoms with van der Waals surface area (Å²) in [4.78, 5) is 30.6. The van der Waals surface area contributed by atoms with Crippen molar-refractivity contribution in [3.8, 4) is 0 Å². The molecular weight excluding hydrogens is 222 g/mol. The van der Waals surface area contributed by atoms with Crippen molar-refractivity contribution in [1.29, 1.82) is 0 Å². The SMILES string of the molecule is CC(=O)c1cnc2c(n1)c(C(N)=O)c(N)n2C. The van der Waals surface area contributed by atoms with E-state index in [1.165, 1.54) is 17.7 Å². The molecule has 2 aromatic heterocycles. The Labute approximate surface area is 96.4 Å². The minimum Gasteiger partial charge on any atom is -0.384 e. The first-order chi connectivity index (χ1) is 7.93. The van der Waals surface area contributed by atoms with Gasteiger partial charge in [-0.15, -0.1) is 0 Å². The number of carbonyl (C=O) groups excluding carboxylic acids is 2. The number of hydrogen-bond donors (Lipinski definition) is 2. The summed E-state index contributed by atoms with van der Waals surface area (Å²) < 4.78 is 1.51. The predicted octanol–water partition coefficient (Wildman–Crippen LogP) is -0.148. The summed E-state index contributed by atoms with van der Waals surface area (Å²) in [7, 11) is 1.65. The molecule has 0 saturated carbocycles. The van der Waals surface area contributed by atoms with Crippen LogP contribution in [0.5, 0.6) is 0 Å². The Hall–Kier alpha value is -2.44. The average molecular weight is 233 g/mol. The molecule has 17 heavy (non-hydrogen) atoms. The molecule has 4 N–H and O–H groups in total. The third-order valence-corrected chi connectivity index (χ3v) is 2.53. The summed E-state index contributed by atoms with van der Waals surface area (Å²) in [6.45, 7) is 1.37. The van der Waals surface area contributed by atoms with E-state index < -0.39 is 5.91 Å². The number of Topliss-reactive ketones (excluding diaryl/α,β-unsaturated/α-hetero) is 1. The highest BCUT2D eigenvalue weighted by atomic mass is 16.1. The van der Waals surface area contributed by atoms with Crippen molar-refractivity contribution in [3.63, 3.8) is 0 Å². The third-order valence-electron chi connectivity index (χ3n) is 2.53. The summed E-state index contributed by atoms with van der Waals surface area (Å²) >= 11 is 0. The van der Waals surface area contributed by atoms with Gasteiger partial charge in [-0.3, -0.25) is 9.59 Å². The van der Waals surface area contributed by atoms with E-state index in [9.17, 15) is 9.59 Å². The first-order valence-corrected chi connectivity index (χ1v) is 4.85. The van der Waals surface area contributed by atoms with Crippen LogP contribution in [-0.4, -0.2) is 26.2 Å². The van der Waals surface area contributed by atoms with Gasteiger partial charge in [0.1, 0.15) is 22.6 Å². The summed E-state index contributed by atoms with van der Waals surface area (Å²) in [5, 5.41) is 0. The van der Waals surface area contributed by atoms with Crippen LogP contribution in [0.2, 0.25) is 0 Å². The van der Waals surface area contributed by atoms with Crippen molar-refractivity contribution in [1.82, 2.24) is 14.5 Å². The Kier molecular flexibility index (Phi) is 2.31. The van der Waals surface area contributed by atoms with E-state index in [2.05, 4.69) is 9.97 Å².